The van der Waals surface area contributed by atoms with Crippen molar-refractivity contribution in [2.45, 2.75) is 52.2 Å². The van der Waals surface area contributed by atoms with Gasteiger partial charge in [0.05, 0.1) is 26.2 Å². The lowest BCUT2D eigenvalue weighted by molar-refractivity contribution is -0.141. The van der Waals surface area contributed by atoms with E-state index >= 15 is 0 Å². The molecule has 12 heteroatoms. The third-order valence-electron chi connectivity index (χ3n) is 5.57. The second-order valence-corrected chi connectivity index (χ2v) is 12.5. The zero-order chi connectivity index (χ0) is 28.8. The highest BCUT2D eigenvalue weighted by Crippen LogP contribution is 2.32. The molecular formula is C26H35Cl2N3O6S. The number of amides is 2. The number of carbonyl (C=O) groups excluding carboxylic acids is 2. The third-order valence-corrected chi connectivity index (χ3v) is 7.30. The van der Waals surface area contributed by atoms with Gasteiger partial charge >= 0.3 is 0 Å². The van der Waals surface area contributed by atoms with Gasteiger partial charge in [-0.05, 0) is 57.0 Å². The molecule has 2 aromatic carbocycles. The Morgan fingerprint density at radius 1 is 1.03 bits per heavy atom. The van der Waals surface area contributed by atoms with Crippen LogP contribution in [0.5, 0.6) is 11.5 Å². The van der Waals surface area contributed by atoms with Gasteiger partial charge in [0.1, 0.15) is 12.6 Å². The normalized spacial score (nSPS) is 12.4. The second kappa shape index (κ2) is 12.9. The van der Waals surface area contributed by atoms with Crippen molar-refractivity contribution < 1.29 is 27.5 Å². The Balaban J connectivity index is 2.54. The molecule has 0 saturated carbocycles. The van der Waals surface area contributed by atoms with E-state index in [0.717, 1.165) is 10.6 Å². The molecule has 2 amide bonds. The van der Waals surface area contributed by atoms with Crippen LogP contribution in [0.1, 0.15) is 39.7 Å². The molecule has 210 valence electrons. The van der Waals surface area contributed by atoms with Crippen molar-refractivity contribution in [1.29, 1.82) is 0 Å². The van der Waals surface area contributed by atoms with Gasteiger partial charge in [0.25, 0.3) is 0 Å². The minimum absolute atomic E-state index is 0.0333. The van der Waals surface area contributed by atoms with E-state index in [4.69, 9.17) is 32.7 Å². The first-order chi connectivity index (χ1) is 17.6. The van der Waals surface area contributed by atoms with Gasteiger partial charge in [-0.2, -0.15) is 0 Å². The van der Waals surface area contributed by atoms with Crippen molar-refractivity contribution in [3.05, 3.63) is 52.0 Å². The summed E-state index contributed by atoms with van der Waals surface area (Å²) in [7, 11) is -1.03. The van der Waals surface area contributed by atoms with E-state index in [9.17, 15) is 18.0 Å². The van der Waals surface area contributed by atoms with Gasteiger partial charge in [-0.25, -0.2) is 8.42 Å². The Morgan fingerprint density at radius 2 is 1.66 bits per heavy atom. The van der Waals surface area contributed by atoms with E-state index in [1.54, 1.807) is 31.2 Å². The first kappa shape index (κ1) is 31.5. The summed E-state index contributed by atoms with van der Waals surface area (Å²) in [5.74, 6) is -0.255. The minimum Gasteiger partial charge on any atom is -0.493 e. The fourth-order valence-electron chi connectivity index (χ4n) is 3.80. The molecule has 0 spiro atoms. The van der Waals surface area contributed by atoms with Crippen LogP contribution < -0.4 is 19.1 Å². The summed E-state index contributed by atoms with van der Waals surface area (Å²) in [4.78, 5) is 28.4. The maximum absolute atomic E-state index is 13.8. The Kier molecular flexibility index (Phi) is 10.7. The van der Waals surface area contributed by atoms with Gasteiger partial charge in [0, 0.05) is 28.2 Å². The molecule has 2 aromatic rings. The van der Waals surface area contributed by atoms with Crippen molar-refractivity contribution in [2.24, 2.45) is 0 Å². The predicted octanol–water partition coefficient (Wildman–Crippen LogP) is 4.50. The van der Waals surface area contributed by atoms with Crippen LogP contribution in [-0.2, 0) is 26.2 Å². The molecule has 0 radical (unpaired) electrons. The van der Waals surface area contributed by atoms with Crippen LogP contribution in [0.25, 0.3) is 0 Å². The Bertz CT molecular complexity index is 1260. The largest absolute Gasteiger partial charge is 0.493 e. The van der Waals surface area contributed by atoms with E-state index in [2.05, 4.69) is 5.32 Å². The molecule has 0 aromatic heterocycles. The standard InChI is InChI=1S/C26H35Cl2N3O6S/c1-8-21(25(33)29-26(2,3)4)30(15-17-9-10-18(27)13-20(17)28)24(32)16-31(38(7,34)35)19-11-12-22(36-5)23(14-19)37-6/h9-14,21H,8,15-16H2,1-7H3,(H,29,33)/t21-/m0/s1. The van der Waals surface area contributed by atoms with Crippen molar-refractivity contribution in [3.8, 4) is 11.5 Å². The van der Waals surface area contributed by atoms with Gasteiger partial charge in [0.2, 0.25) is 21.8 Å². The van der Waals surface area contributed by atoms with Crippen molar-refractivity contribution in [2.75, 3.05) is 31.3 Å². The molecule has 9 nitrogen and oxygen atoms in total. The van der Waals surface area contributed by atoms with Crippen molar-refractivity contribution in [1.82, 2.24) is 10.2 Å². The molecule has 0 aliphatic rings. The van der Waals surface area contributed by atoms with Crippen molar-refractivity contribution in [3.63, 3.8) is 0 Å². The molecule has 0 aliphatic heterocycles. The lowest BCUT2D eigenvalue weighted by atomic mass is 10.1. The lowest BCUT2D eigenvalue weighted by Crippen LogP contribution is -2.55. The molecule has 0 aliphatic carbocycles. The van der Waals surface area contributed by atoms with Crippen LogP contribution in [0.15, 0.2) is 36.4 Å². The first-order valence-electron chi connectivity index (χ1n) is 11.9. The number of nitrogens with one attached hydrogen (secondary N) is 1. The molecular weight excluding hydrogens is 553 g/mol. The second-order valence-electron chi connectivity index (χ2n) is 9.73. The minimum atomic E-state index is -3.91. The van der Waals surface area contributed by atoms with Crippen LogP contribution in [-0.4, -0.2) is 63.7 Å². The van der Waals surface area contributed by atoms with Crippen LogP contribution in [0.3, 0.4) is 0 Å². The highest BCUT2D eigenvalue weighted by atomic mass is 35.5. The summed E-state index contributed by atoms with van der Waals surface area (Å²) in [6, 6.07) is 8.49. The molecule has 0 heterocycles. The van der Waals surface area contributed by atoms with Gasteiger partial charge in [0.15, 0.2) is 11.5 Å². The van der Waals surface area contributed by atoms with Crippen LogP contribution in [0.2, 0.25) is 10.0 Å². The summed E-state index contributed by atoms with van der Waals surface area (Å²) in [6.07, 6.45) is 1.29. The molecule has 1 N–H and O–H groups in total. The molecule has 0 unspecified atom stereocenters. The fraction of sp³-hybridized carbons (Fsp3) is 0.462. The number of carbonyl (C=O) groups is 2. The maximum atomic E-state index is 13.8. The summed E-state index contributed by atoms with van der Waals surface area (Å²) < 4.78 is 37.2. The van der Waals surface area contributed by atoms with E-state index in [1.807, 2.05) is 20.8 Å². The number of hydrogen-bond acceptors (Lipinski definition) is 6. The summed E-state index contributed by atoms with van der Waals surface area (Å²) >= 11 is 12.4. The predicted molar refractivity (Wildman–Crippen MR) is 151 cm³/mol. The third kappa shape index (κ3) is 8.41. The highest BCUT2D eigenvalue weighted by Gasteiger charge is 2.33. The average Bonchev–Trinajstić information content (AvgIpc) is 2.81. The summed E-state index contributed by atoms with van der Waals surface area (Å²) in [5, 5.41) is 3.65. The van der Waals surface area contributed by atoms with Gasteiger partial charge in [-0.1, -0.05) is 36.2 Å². The number of methoxy groups -OCH3 is 2. The van der Waals surface area contributed by atoms with Gasteiger partial charge in [-0.15, -0.1) is 0 Å². The Morgan fingerprint density at radius 3 is 2.16 bits per heavy atom. The van der Waals surface area contributed by atoms with Crippen LogP contribution in [0.4, 0.5) is 5.69 Å². The van der Waals surface area contributed by atoms with Gasteiger partial charge < -0.3 is 19.7 Å². The van der Waals surface area contributed by atoms with Crippen LogP contribution in [0, 0.1) is 0 Å². The van der Waals surface area contributed by atoms with E-state index in [0.29, 0.717) is 27.1 Å². The topological polar surface area (TPSA) is 105 Å². The zero-order valence-corrected chi connectivity index (χ0v) is 25.0. The number of halogens is 2. The number of ether oxygens (including phenoxy) is 2. The summed E-state index contributed by atoms with van der Waals surface area (Å²) in [6.45, 7) is 6.69. The molecule has 0 saturated heterocycles. The Hall–Kier alpha value is -2.69. The van der Waals surface area contributed by atoms with E-state index < -0.39 is 34.1 Å². The zero-order valence-electron chi connectivity index (χ0n) is 22.7. The van der Waals surface area contributed by atoms with Crippen LogP contribution >= 0.6 is 23.2 Å². The average molecular weight is 589 g/mol. The molecule has 38 heavy (non-hydrogen) atoms. The number of anilines is 1. The molecule has 2 rings (SSSR count). The SMILES string of the molecule is CC[C@@H](C(=O)NC(C)(C)C)N(Cc1ccc(Cl)cc1Cl)C(=O)CN(c1ccc(OC)c(OC)c1)S(C)(=O)=O. The smallest absolute Gasteiger partial charge is 0.244 e. The summed E-state index contributed by atoms with van der Waals surface area (Å²) in [5.41, 5.74) is 0.217. The van der Waals surface area contributed by atoms with E-state index in [1.165, 1.54) is 31.3 Å². The molecule has 0 bridgehead atoms. The number of rotatable bonds is 11. The van der Waals surface area contributed by atoms with Gasteiger partial charge in [-0.3, -0.25) is 13.9 Å². The monoisotopic (exact) mass is 587 g/mol. The number of benzene rings is 2. The number of hydrogen-bond donors (Lipinski definition) is 1. The Labute approximate surface area is 235 Å². The fourth-order valence-corrected chi connectivity index (χ4v) is 5.11. The first-order valence-corrected chi connectivity index (χ1v) is 14.5. The highest BCUT2D eigenvalue weighted by molar-refractivity contribution is 7.92. The number of nitrogens with zero attached hydrogens (tertiary/aromatic N) is 2. The lowest BCUT2D eigenvalue weighted by Gasteiger charge is -2.34. The number of sulfonamides is 1. The van der Waals surface area contributed by atoms with E-state index in [-0.39, 0.29) is 24.6 Å². The quantitative estimate of drug-likeness (QED) is 0.415. The maximum Gasteiger partial charge on any atom is 0.244 e. The molecule has 1 atom stereocenters. The van der Waals surface area contributed by atoms with Crippen molar-refractivity contribution >= 4 is 50.7 Å². The molecule has 0 fully saturated rings.